The van der Waals surface area contributed by atoms with Gasteiger partial charge in [-0.05, 0) is 10.3 Å². The molecule has 0 aliphatic carbocycles. The molecule has 0 aliphatic heterocycles. The lowest BCUT2D eigenvalue weighted by atomic mass is 10.7. The highest BCUT2D eigenvalue weighted by Crippen LogP contribution is 2.20. The number of rotatable bonds is 2. The van der Waals surface area contributed by atoms with Crippen LogP contribution in [0.3, 0.4) is 0 Å². The first kappa shape index (κ1) is 8.86. The lowest BCUT2D eigenvalue weighted by Crippen LogP contribution is -1.96. The predicted octanol–water partition coefficient (Wildman–Crippen LogP) is -0.457. The van der Waals surface area contributed by atoms with E-state index >= 15 is 0 Å². The van der Waals surface area contributed by atoms with Gasteiger partial charge in [-0.15, -0.1) is 9.49 Å². The Morgan fingerprint density at radius 2 is 1.73 bits per heavy atom. The van der Waals surface area contributed by atoms with E-state index < -0.39 is 0 Å². The van der Waals surface area contributed by atoms with Crippen molar-refractivity contribution in [1.82, 2.24) is 20.6 Å². The Kier molecular flexibility index (Phi) is 1.89. The van der Waals surface area contributed by atoms with Crippen molar-refractivity contribution in [1.29, 1.82) is 0 Å². The fourth-order valence-electron chi connectivity index (χ4n) is 0.717. The SMILES string of the molecule is Nc1nonc1N=[N+]([O-])c1nonc1N. The zero-order valence-corrected chi connectivity index (χ0v) is 7.06. The van der Waals surface area contributed by atoms with Crippen LogP contribution in [-0.2, 0) is 0 Å². The van der Waals surface area contributed by atoms with E-state index in [1.54, 1.807) is 0 Å². The lowest BCUT2D eigenvalue weighted by molar-refractivity contribution is -0.440. The van der Waals surface area contributed by atoms with Crippen LogP contribution in [0.25, 0.3) is 0 Å². The molecular formula is C4H4N8O3. The third-order valence-corrected chi connectivity index (χ3v) is 1.36. The summed E-state index contributed by atoms with van der Waals surface area (Å²) in [5.74, 6) is -0.834. The van der Waals surface area contributed by atoms with Gasteiger partial charge < -0.3 is 16.7 Å². The standard InChI is InChI=1S/C4H4N8O3/c5-1-3(10-14-8-1)7-12(13)4-2(6)9-15-11-4/h(H2,5,8)(H2,6,9). The molecule has 0 unspecified atom stereocenters. The Morgan fingerprint density at radius 3 is 2.27 bits per heavy atom. The van der Waals surface area contributed by atoms with Crippen LogP contribution in [0.2, 0.25) is 0 Å². The summed E-state index contributed by atoms with van der Waals surface area (Å²) in [6, 6.07) is 0. The Bertz CT molecular complexity index is 499. The Morgan fingerprint density at radius 1 is 1.07 bits per heavy atom. The van der Waals surface area contributed by atoms with Gasteiger partial charge in [0.2, 0.25) is 5.82 Å². The summed E-state index contributed by atoms with van der Waals surface area (Å²) >= 11 is 0. The van der Waals surface area contributed by atoms with Crippen molar-refractivity contribution in [2.24, 2.45) is 5.11 Å². The molecule has 0 spiro atoms. The van der Waals surface area contributed by atoms with Crippen LogP contribution in [0.15, 0.2) is 14.4 Å². The van der Waals surface area contributed by atoms with Crippen molar-refractivity contribution < 1.29 is 14.1 Å². The van der Waals surface area contributed by atoms with Gasteiger partial charge in [0.25, 0.3) is 11.6 Å². The molecule has 11 nitrogen and oxygen atoms in total. The molecule has 2 rings (SSSR count). The monoisotopic (exact) mass is 212 g/mol. The minimum atomic E-state index is -0.308. The van der Waals surface area contributed by atoms with Crippen LogP contribution in [0, 0.1) is 5.21 Å². The fraction of sp³-hybridized carbons (Fsp3) is 0. The van der Waals surface area contributed by atoms with Crippen molar-refractivity contribution in [3.05, 3.63) is 5.21 Å². The molecule has 2 aromatic heterocycles. The highest BCUT2D eigenvalue weighted by molar-refractivity contribution is 5.48. The van der Waals surface area contributed by atoms with Crippen LogP contribution in [0.5, 0.6) is 0 Å². The molecule has 4 N–H and O–H groups in total. The van der Waals surface area contributed by atoms with Crippen molar-refractivity contribution >= 4 is 23.3 Å². The first-order valence-corrected chi connectivity index (χ1v) is 3.53. The topological polar surface area (TPSA) is 168 Å². The van der Waals surface area contributed by atoms with Gasteiger partial charge >= 0.3 is 5.82 Å². The summed E-state index contributed by atoms with van der Waals surface area (Å²) in [5, 5.41) is 27.5. The van der Waals surface area contributed by atoms with E-state index in [4.69, 9.17) is 11.5 Å². The molecule has 15 heavy (non-hydrogen) atoms. The Balaban J connectivity index is 2.37. The fourth-order valence-corrected chi connectivity index (χ4v) is 0.717. The predicted molar refractivity (Wildman–Crippen MR) is 42.8 cm³/mol. The van der Waals surface area contributed by atoms with E-state index in [0.29, 0.717) is 0 Å². The van der Waals surface area contributed by atoms with Gasteiger partial charge in [-0.25, -0.2) is 4.63 Å². The molecule has 0 fully saturated rings. The zero-order valence-electron chi connectivity index (χ0n) is 7.06. The van der Waals surface area contributed by atoms with Gasteiger partial charge in [-0.1, -0.05) is 5.11 Å². The molecule has 0 aliphatic rings. The maximum atomic E-state index is 11.3. The number of anilines is 2. The summed E-state index contributed by atoms with van der Waals surface area (Å²) in [5.41, 5.74) is 10.5. The smallest absolute Gasteiger partial charge is 0.442 e. The van der Waals surface area contributed by atoms with E-state index in [0.717, 1.165) is 0 Å². The van der Waals surface area contributed by atoms with Crippen molar-refractivity contribution in [3.63, 3.8) is 0 Å². The van der Waals surface area contributed by atoms with Gasteiger partial charge in [0.1, 0.15) is 0 Å². The first-order valence-electron chi connectivity index (χ1n) is 3.53. The third kappa shape index (κ3) is 1.52. The second kappa shape index (κ2) is 3.21. The van der Waals surface area contributed by atoms with Gasteiger partial charge in [0, 0.05) is 5.16 Å². The third-order valence-electron chi connectivity index (χ3n) is 1.36. The highest BCUT2D eigenvalue weighted by Gasteiger charge is 2.18. The van der Waals surface area contributed by atoms with Crippen molar-refractivity contribution in [3.8, 4) is 0 Å². The molecule has 2 heterocycles. The van der Waals surface area contributed by atoms with Gasteiger partial charge in [0.05, 0.1) is 0 Å². The van der Waals surface area contributed by atoms with Crippen LogP contribution < -0.4 is 11.5 Å². The number of aromatic nitrogens is 4. The number of nitrogen functional groups attached to an aromatic ring is 2. The summed E-state index contributed by atoms with van der Waals surface area (Å²) < 4.78 is 8.42. The number of hydrogen-bond acceptors (Lipinski definition) is 10. The molecule has 11 heteroatoms. The molecule has 0 amide bonds. The molecule has 0 aromatic carbocycles. The molecule has 2 aromatic rings. The van der Waals surface area contributed by atoms with Crippen LogP contribution in [0.1, 0.15) is 0 Å². The van der Waals surface area contributed by atoms with Crippen LogP contribution in [0.4, 0.5) is 23.3 Å². The maximum absolute atomic E-state index is 11.3. The Hall–Kier alpha value is -2.72. The maximum Gasteiger partial charge on any atom is 0.442 e. The zero-order chi connectivity index (χ0) is 10.8. The molecule has 0 saturated heterocycles. The second-order valence-corrected chi connectivity index (χ2v) is 2.32. The summed E-state index contributed by atoms with van der Waals surface area (Å²) in [7, 11) is 0. The molecule has 0 bridgehead atoms. The average Bonchev–Trinajstić information content (AvgIpc) is 2.76. The van der Waals surface area contributed by atoms with E-state index in [1.807, 2.05) is 0 Å². The Labute approximate surface area is 80.8 Å². The summed E-state index contributed by atoms with van der Waals surface area (Å²) in [6.45, 7) is 0. The number of nitrogens with zero attached hydrogens (tertiary/aromatic N) is 6. The van der Waals surface area contributed by atoms with Crippen molar-refractivity contribution in [2.45, 2.75) is 0 Å². The number of azo groups is 1. The number of nitrogens with two attached hydrogens (primary N) is 2. The van der Waals surface area contributed by atoms with Crippen molar-refractivity contribution in [2.75, 3.05) is 11.5 Å². The van der Waals surface area contributed by atoms with Gasteiger partial charge in [0.15, 0.2) is 5.16 Å². The minimum absolute atomic E-state index is 0.0434. The van der Waals surface area contributed by atoms with E-state index in [-0.39, 0.29) is 28.1 Å². The molecular weight excluding hydrogens is 208 g/mol. The normalized spacial score (nSPS) is 11.9. The quantitative estimate of drug-likeness (QED) is 0.379. The first-order chi connectivity index (χ1) is 7.18. The molecule has 78 valence electrons. The second-order valence-electron chi connectivity index (χ2n) is 2.32. The van der Waals surface area contributed by atoms with Crippen LogP contribution >= 0.6 is 0 Å². The lowest BCUT2D eigenvalue weighted by Gasteiger charge is -1.97. The number of hydrogen-bond donors (Lipinski definition) is 2. The van der Waals surface area contributed by atoms with E-state index in [1.165, 1.54) is 0 Å². The largest absolute Gasteiger partial charge is 0.690 e. The summed E-state index contributed by atoms with van der Waals surface area (Å²) in [6.07, 6.45) is 0. The molecule has 0 saturated carbocycles. The summed E-state index contributed by atoms with van der Waals surface area (Å²) in [4.78, 5) is 0.0434. The molecule has 0 radical (unpaired) electrons. The molecule has 0 atom stereocenters. The van der Waals surface area contributed by atoms with Gasteiger partial charge in [-0.2, -0.15) is 0 Å². The van der Waals surface area contributed by atoms with Crippen LogP contribution in [-0.4, -0.2) is 25.5 Å². The van der Waals surface area contributed by atoms with E-state index in [2.05, 4.69) is 35.0 Å². The highest BCUT2D eigenvalue weighted by atomic mass is 16.6. The van der Waals surface area contributed by atoms with E-state index in [9.17, 15) is 5.21 Å². The average molecular weight is 212 g/mol. The van der Waals surface area contributed by atoms with Gasteiger partial charge in [-0.3, -0.25) is 0 Å². The minimum Gasteiger partial charge on any atom is -0.690 e.